The van der Waals surface area contributed by atoms with Crippen LogP contribution in [0.5, 0.6) is 0 Å². The van der Waals surface area contributed by atoms with Crippen LogP contribution >= 0.6 is 0 Å². The fourth-order valence-corrected chi connectivity index (χ4v) is 4.73. The molecule has 2 heteroatoms. The van der Waals surface area contributed by atoms with E-state index in [2.05, 4.69) is 41.4 Å². The van der Waals surface area contributed by atoms with E-state index in [1.165, 1.54) is 44.1 Å². The molecule has 106 valence electrons. The fourth-order valence-electron chi connectivity index (χ4n) is 4.73. The zero-order valence-corrected chi connectivity index (χ0v) is 12.5. The van der Waals surface area contributed by atoms with Crippen LogP contribution in [0.4, 0.5) is 0 Å². The van der Waals surface area contributed by atoms with Crippen molar-refractivity contribution in [1.29, 1.82) is 0 Å². The predicted molar refractivity (Wildman–Crippen MR) is 90.3 cm³/mol. The zero-order valence-electron chi connectivity index (χ0n) is 12.5. The Labute approximate surface area is 127 Å². The molecule has 0 saturated carbocycles. The summed E-state index contributed by atoms with van der Waals surface area (Å²) in [5.74, 6) is 1.81. The van der Waals surface area contributed by atoms with Gasteiger partial charge in [0.1, 0.15) is 0 Å². The van der Waals surface area contributed by atoms with Crippen molar-refractivity contribution in [3.8, 4) is 11.3 Å². The Bertz CT molecular complexity index is 588. The van der Waals surface area contributed by atoms with Crippen molar-refractivity contribution in [1.82, 2.24) is 4.98 Å². The summed E-state index contributed by atoms with van der Waals surface area (Å²) >= 11 is 0. The highest BCUT2D eigenvalue weighted by molar-refractivity contribution is 6.77. The van der Waals surface area contributed by atoms with Gasteiger partial charge in [-0.2, -0.15) is 0 Å². The minimum atomic E-state index is 0.769. The third-order valence-corrected chi connectivity index (χ3v) is 5.58. The van der Waals surface area contributed by atoms with E-state index in [9.17, 15) is 0 Å². The first kappa shape index (κ1) is 13.1. The second kappa shape index (κ2) is 5.67. The van der Waals surface area contributed by atoms with Crippen LogP contribution in [0.25, 0.3) is 11.3 Å². The Morgan fingerprint density at radius 3 is 2.14 bits per heavy atom. The summed E-state index contributed by atoms with van der Waals surface area (Å²) in [6, 6.07) is 15.3. The number of aromatic nitrogens is 1. The van der Waals surface area contributed by atoms with Gasteiger partial charge in [-0.1, -0.05) is 86.0 Å². The predicted octanol–water partition coefficient (Wildman–Crippen LogP) is 4.56. The standard InChI is InChI=1S/C19H22BN/c1-2-12-18(17(11-1)19-13-3-4-14-21-19)20-15-7-5-8-16(20)10-6-9-15/h1-4,11-16H,5-10H2. The number of benzene rings is 1. The molecule has 1 nitrogen and oxygen atoms in total. The van der Waals surface area contributed by atoms with E-state index in [0.717, 1.165) is 24.0 Å². The molecule has 2 aliphatic rings. The van der Waals surface area contributed by atoms with Crippen LogP contribution in [-0.4, -0.2) is 11.7 Å². The van der Waals surface area contributed by atoms with Gasteiger partial charge in [-0.15, -0.1) is 0 Å². The van der Waals surface area contributed by atoms with Gasteiger partial charge in [0.15, 0.2) is 6.71 Å². The highest BCUT2D eigenvalue weighted by Crippen LogP contribution is 2.46. The quantitative estimate of drug-likeness (QED) is 0.732. The lowest BCUT2D eigenvalue weighted by Crippen LogP contribution is -2.45. The SMILES string of the molecule is c1ccc(-c2ccccc2B2C3CCCC2CCC3)nc1. The van der Waals surface area contributed by atoms with Crippen molar-refractivity contribution >= 4 is 12.2 Å². The van der Waals surface area contributed by atoms with Crippen LogP contribution in [-0.2, 0) is 0 Å². The van der Waals surface area contributed by atoms with Crippen LogP contribution in [0.2, 0.25) is 11.6 Å². The number of nitrogens with zero attached hydrogens (tertiary/aromatic N) is 1. The Hall–Kier alpha value is -1.57. The van der Waals surface area contributed by atoms with Gasteiger partial charge in [0.2, 0.25) is 0 Å². The number of pyridine rings is 1. The third-order valence-electron chi connectivity index (χ3n) is 5.58. The summed E-state index contributed by atoms with van der Waals surface area (Å²) in [5.41, 5.74) is 4.06. The molecule has 0 atom stereocenters. The molecule has 0 spiro atoms. The molecule has 3 heterocycles. The van der Waals surface area contributed by atoms with Crippen molar-refractivity contribution < 1.29 is 0 Å². The normalized spacial score (nSPS) is 24.9. The van der Waals surface area contributed by atoms with Gasteiger partial charge >= 0.3 is 0 Å². The average molecular weight is 275 g/mol. The number of hydrogen-bond donors (Lipinski definition) is 0. The summed E-state index contributed by atoms with van der Waals surface area (Å²) in [7, 11) is 0. The van der Waals surface area contributed by atoms with Gasteiger partial charge in [-0.3, -0.25) is 4.98 Å². The number of fused-ring (bicyclic) bond motifs is 2. The van der Waals surface area contributed by atoms with Crippen molar-refractivity contribution in [3.63, 3.8) is 0 Å². The highest BCUT2D eigenvalue weighted by Gasteiger charge is 2.41. The third kappa shape index (κ3) is 2.41. The van der Waals surface area contributed by atoms with Gasteiger partial charge in [0.05, 0.1) is 5.69 Å². The molecule has 0 unspecified atom stereocenters. The van der Waals surface area contributed by atoms with Crippen molar-refractivity contribution in [3.05, 3.63) is 48.7 Å². The Morgan fingerprint density at radius 1 is 0.810 bits per heavy atom. The number of rotatable bonds is 2. The van der Waals surface area contributed by atoms with E-state index in [-0.39, 0.29) is 0 Å². The van der Waals surface area contributed by atoms with E-state index >= 15 is 0 Å². The lowest BCUT2D eigenvalue weighted by molar-refractivity contribution is 0.448. The minimum absolute atomic E-state index is 0.769. The number of hydrogen-bond acceptors (Lipinski definition) is 1. The average Bonchev–Trinajstić information content (AvgIpc) is 2.55. The van der Waals surface area contributed by atoms with Crippen molar-refractivity contribution in [2.24, 2.45) is 0 Å². The summed E-state index contributed by atoms with van der Waals surface area (Å²) in [6.07, 6.45) is 10.5. The Morgan fingerprint density at radius 2 is 1.48 bits per heavy atom. The molecule has 0 amide bonds. The second-order valence-electron chi connectivity index (χ2n) is 6.71. The largest absolute Gasteiger partial charge is 0.256 e. The molecule has 2 aromatic rings. The molecule has 0 radical (unpaired) electrons. The molecule has 0 N–H and O–H groups in total. The van der Waals surface area contributed by atoms with Gasteiger partial charge in [-0.05, 0) is 17.7 Å². The highest BCUT2D eigenvalue weighted by atomic mass is 14.7. The molecule has 0 aliphatic carbocycles. The molecule has 2 bridgehead atoms. The van der Waals surface area contributed by atoms with Crippen LogP contribution in [0, 0.1) is 0 Å². The van der Waals surface area contributed by atoms with Crippen LogP contribution in [0.1, 0.15) is 38.5 Å². The molecule has 1 aromatic carbocycles. The first-order valence-corrected chi connectivity index (χ1v) is 8.44. The monoisotopic (exact) mass is 275 g/mol. The Kier molecular flexibility index (Phi) is 3.54. The minimum Gasteiger partial charge on any atom is -0.256 e. The molecule has 1 aromatic heterocycles. The van der Waals surface area contributed by atoms with Crippen LogP contribution < -0.4 is 5.46 Å². The first-order valence-electron chi connectivity index (χ1n) is 8.44. The molecular weight excluding hydrogens is 253 g/mol. The zero-order chi connectivity index (χ0) is 14.1. The van der Waals surface area contributed by atoms with E-state index in [0.29, 0.717) is 0 Å². The topological polar surface area (TPSA) is 12.9 Å². The lowest BCUT2D eigenvalue weighted by Gasteiger charge is -2.41. The van der Waals surface area contributed by atoms with E-state index in [1.54, 1.807) is 5.46 Å². The van der Waals surface area contributed by atoms with Crippen LogP contribution in [0.3, 0.4) is 0 Å². The summed E-state index contributed by atoms with van der Waals surface area (Å²) in [4.78, 5) is 4.60. The van der Waals surface area contributed by atoms with E-state index < -0.39 is 0 Å². The summed E-state index contributed by atoms with van der Waals surface area (Å²) in [6.45, 7) is 0.769. The smallest absolute Gasteiger partial charge is 0.183 e. The molecule has 21 heavy (non-hydrogen) atoms. The van der Waals surface area contributed by atoms with Gasteiger partial charge in [0.25, 0.3) is 0 Å². The molecule has 2 saturated heterocycles. The Balaban J connectivity index is 1.78. The molecule has 2 fully saturated rings. The van der Waals surface area contributed by atoms with Gasteiger partial charge in [-0.25, -0.2) is 0 Å². The van der Waals surface area contributed by atoms with E-state index in [4.69, 9.17) is 0 Å². The second-order valence-corrected chi connectivity index (χ2v) is 6.71. The van der Waals surface area contributed by atoms with E-state index in [1.807, 2.05) is 12.3 Å². The van der Waals surface area contributed by atoms with Gasteiger partial charge in [0, 0.05) is 6.20 Å². The maximum Gasteiger partial charge on any atom is 0.183 e. The summed E-state index contributed by atoms with van der Waals surface area (Å²) < 4.78 is 0. The summed E-state index contributed by atoms with van der Waals surface area (Å²) in [5, 5.41) is 0. The van der Waals surface area contributed by atoms with Crippen molar-refractivity contribution in [2.75, 3.05) is 0 Å². The molecular formula is C19H22BN. The van der Waals surface area contributed by atoms with Crippen molar-refractivity contribution in [2.45, 2.75) is 50.2 Å². The maximum absolute atomic E-state index is 4.60. The van der Waals surface area contributed by atoms with Gasteiger partial charge < -0.3 is 0 Å². The van der Waals surface area contributed by atoms with Crippen LogP contribution in [0.15, 0.2) is 48.7 Å². The lowest BCUT2D eigenvalue weighted by atomic mass is 9.24. The molecule has 4 rings (SSSR count). The molecule has 2 aliphatic heterocycles. The first-order chi connectivity index (χ1) is 10.4. The fraction of sp³-hybridized carbons (Fsp3) is 0.421. The maximum atomic E-state index is 4.60.